The summed E-state index contributed by atoms with van der Waals surface area (Å²) in [4.78, 5) is 3.12. The van der Waals surface area contributed by atoms with E-state index >= 15 is 0 Å². The number of H-pyrrole nitrogens is 1. The maximum atomic E-state index is 5.23. The van der Waals surface area contributed by atoms with Gasteiger partial charge in [-0.1, -0.05) is 30.3 Å². The Morgan fingerprint density at radius 3 is 2.74 bits per heavy atom. The number of nitrogens with one attached hydrogen (secondary N) is 1. The van der Waals surface area contributed by atoms with Crippen LogP contribution in [0.2, 0.25) is 0 Å². The van der Waals surface area contributed by atoms with Crippen LogP contribution in [0.5, 0.6) is 0 Å². The normalized spacial score (nSPS) is 11.2. The molecule has 5 heteroatoms. The highest BCUT2D eigenvalue weighted by molar-refractivity contribution is 7.71. The van der Waals surface area contributed by atoms with Crippen LogP contribution in [0.3, 0.4) is 0 Å². The zero-order chi connectivity index (χ0) is 13.1. The molecule has 0 atom stereocenters. The summed E-state index contributed by atoms with van der Waals surface area (Å²) in [5, 5.41) is 4.26. The number of aromatic amines is 1. The molecule has 2 aromatic heterocycles. The van der Waals surface area contributed by atoms with Crippen LogP contribution in [-0.2, 0) is 0 Å². The van der Waals surface area contributed by atoms with Crippen molar-refractivity contribution in [3.63, 3.8) is 0 Å². The van der Waals surface area contributed by atoms with Gasteiger partial charge >= 0.3 is 0 Å². The van der Waals surface area contributed by atoms with Crippen LogP contribution < -0.4 is 0 Å². The van der Waals surface area contributed by atoms with E-state index in [4.69, 9.17) is 16.6 Å². The summed E-state index contributed by atoms with van der Waals surface area (Å²) >= 11 is 5.23. The van der Waals surface area contributed by atoms with E-state index in [9.17, 15) is 0 Å². The van der Waals surface area contributed by atoms with Crippen LogP contribution in [0.25, 0.3) is 11.3 Å². The van der Waals surface area contributed by atoms with Crippen LogP contribution >= 0.6 is 12.2 Å². The van der Waals surface area contributed by atoms with E-state index < -0.39 is 0 Å². The van der Waals surface area contributed by atoms with Gasteiger partial charge in [0, 0.05) is 0 Å². The molecule has 3 rings (SSSR count). The molecule has 2 heterocycles. The van der Waals surface area contributed by atoms with Crippen molar-refractivity contribution in [1.82, 2.24) is 9.66 Å². The summed E-state index contributed by atoms with van der Waals surface area (Å²) in [6, 6.07) is 13.6. The van der Waals surface area contributed by atoms with Crippen molar-refractivity contribution in [1.29, 1.82) is 0 Å². The molecule has 0 unspecified atom stereocenters. The predicted molar refractivity (Wildman–Crippen MR) is 76.8 cm³/mol. The van der Waals surface area contributed by atoms with Crippen molar-refractivity contribution < 1.29 is 4.42 Å². The molecule has 0 saturated heterocycles. The number of hydrogen-bond acceptors (Lipinski definition) is 3. The molecule has 1 aromatic carbocycles. The molecule has 0 aliphatic rings. The minimum absolute atomic E-state index is 0.543. The van der Waals surface area contributed by atoms with Gasteiger partial charge in [0.1, 0.15) is 5.76 Å². The van der Waals surface area contributed by atoms with E-state index in [0.29, 0.717) is 10.5 Å². The average molecular weight is 269 g/mol. The Hall–Kier alpha value is -2.40. The number of aromatic nitrogens is 2. The molecule has 0 radical (unpaired) electrons. The van der Waals surface area contributed by atoms with Gasteiger partial charge in [0.25, 0.3) is 0 Å². The van der Waals surface area contributed by atoms with Gasteiger partial charge in [-0.15, -0.1) is 0 Å². The van der Waals surface area contributed by atoms with Crippen LogP contribution in [0, 0.1) is 4.77 Å². The molecule has 0 spiro atoms. The van der Waals surface area contributed by atoms with Gasteiger partial charge in [-0.2, -0.15) is 5.10 Å². The first-order valence-electron chi connectivity index (χ1n) is 5.78. The minimum atomic E-state index is 0.543. The maximum absolute atomic E-state index is 5.23. The Bertz CT molecular complexity index is 739. The van der Waals surface area contributed by atoms with Crippen molar-refractivity contribution in [3.05, 3.63) is 65.5 Å². The van der Waals surface area contributed by atoms with Crippen LogP contribution in [0.1, 0.15) is 5.76 Å². The minimum Gasteiger partial charge on any atom is -0.463 e. The molecular weight excluding hydrogens is 258 g/mol. The highest BCUT2D eigenvalue weighted by atomic mass is 32.1. The zero-order valence-corrected chi connectivity index (χ0v) is 10.8. The summed E-state index contributed by atoms with van der Waals surface area (Å²) in [5.74, 6) is 0.685. The lowest BCUT2D eigenvalue weighted by Gasteiger charge is -1.94. The molecule has 0 bridgehead atoms. The molecule has 1 N–H and O–H groups in total. The van der Waals surface area contributed by atoms with Gasteiger partial charge in [-0.3, -0.25) is 0 Å². The molecule has 0 aliphatic carbocycles. The van der Waals surface area contributed by atoms with E-state index in [0.717, 1.165) is 11.3 Å². The van der Waals surface area contributed by atoms with Gasteiger partial charge in [0.15, 0.2) is 4.77 Å². The van der Waals surface area contributed by atoms with Crippen LogP contribution in [-0.4, -0.2) is 15.9 Å². The smallest absolute Gasteiger partial charge is 0.198 e. The molecular formula is C14H11N3OS. The summed E-state index contributed by atoms with van der Waals surface area (Å²) in [5.41, 5.74) is 2.00. The van der Waals surface area contributed by atoms with E-state index in [-0.39, 0.29) is 0 Å². The number of rotatable bonds is 3. The third kappa shape index (κ3) is 2.56. The molecule has 4 nitrogen and oxygen atoms in total. The summed E-state index contributed by atoms with van der Waals surface area (Å²) in [6.45, 7) is 0. The number of hydrogen-bond donors (Lipinski definition) is 1. The van der Waals surface area contributed by atoms with Gasteiger partial charge in [-0.25, -0.2) is 4.68 Å². The molecule has 0 saturated carbocycles. The topological polar surface area (TPSA) is 46.2 Å². The Morgan fingerprint density at radius 1 is 1.16 bits per heavy atom. The maximum Gasteiger partial charge on any atom is 0.198 e. The standard InChI is InChI=1S/C14H11N3OS/c19-14-16-13(11-5-2-1-3-6-11)10-17(14)15-9-12-7-4-8-18-12/h1-10H,(H,16,19)/b15-9-. The Kier molecular flexibility index (Phi) is 3.12. The molecule has 0 amide bonds. The first-order chi connectivity index (χ1) is 9.33. The summed E-state index contributed by atoms with van der Waals surface area (Å²) in [7, 11) is 0. The Balaban J connectivity index is 1.92. The quantitative estimate of drug-likeness (QED) is 0.582. The van der Waals surface area contributed by atoms with E-state index in [1.54, 1.807) is 17.2 Å². The number of benzene rings is 1. The van der Waals surface area contributed by atoms with Crippen molar-refractivity contribution in [2.24, 2.45) is 5.10 Å². The predicted octanol–water partition coefficient (Wildman–Crippen LogP) is 3.69. The van der Waals surface area contributed by atoms with E-state index in [1.165, 1.54) is 0 Å². The molecule has 3 aromatic rings. The van der Waals surface area contributed by atoms with Crippen LogP contribution in [0.4, 0.5) is 0 Å². The van der Waals surface area contributed by atoms with Gasteiger partial charge in [0.2, 0.25) is 0 Å². The SMILES string of the molecule is S=c1[nH]c(-c2ccccc2)cn1/N=C\c1ccco1. The van der Waals surface area contributed by atoms with Crippen molar-refractivity contribution >= 4 is 18.4 Å². The Morgan fingerprint density at radius 2 is 2.00 bits per heavy atom. The Labute approximate surface area is 115 Å². The summed E-state index contributed by atoms with van der Waals surface area (Å²) < 4.78 is 7.33. The first kappa shape index (κ1) is 11.7. The highest BCUT2D eigenvalue weighted by Crippen LogP contribution is 2.16. The molecule has 0 aliphatic heterocycles. The van der Waals surface area contributed by atoms with Crippen molar-refractivity contribution in [2.75, 3.05) is 0 Å². The first-order valence-corrected chi connectivity index (χ1v) is 6.19. The van der Waals surface area contributed by atoms with Gasteiger partial charge < -0.3 is 9.40 Å². The average Bonchev–Trinajstić information content (AvgIpc) is 3.07. The van der Waals surface area contributed by atoms with Crippen LogP contribution in [0.15, 0.2) is 64.4 Å². The van der Waals surface area contributed by atoms with Gasteiger partial charge in [0.05, 0.1) is 24.4 Å². The van der Waals surface area contributed by atoms with E-state index in [2.05, 4.69) is 10.1 Å². The molecule has 19 heavy (non-hydrogen) atoms. The second-order valence-electron chi connectivity index (χ2n) is 3.94. The zero-order valence-electron chi connectivity index (χ0n) is 9.98. The second-order valence-corrected chi connectivity index (χ2v) is 4.33. The fourth-order valence-corrected chi connectivity index (χ4v) is 1.93. The summed E-state index contributed by atoms with van der Waals surface area (Å²) in [6.07, 6.45) is 5.09. The van der Waals surface area contributed by atoms with Crippen molar-refractivity contribution in [3.8, 4) is 11.3 Å². The lowest BCUT2D eigenvalue weighted by molar-refractivity contribution is 0.559. The second kappa shape index (κ2) is 5.07. The lowest BCUT2D eigenvalue weighted by atomic mass is 10.2. The third-order valence-electron chi connectivity index (χ3n) is 2.64. The number of nitrogens with zero attached hydrogens (tertiary/aromatic N) is 2. The number of furan rings is 1. The lowest BCUT2D eigenvalue weighted by Crippen LogP contribution is -1.87. The number of imidazole rings is 1. The molecule has 94 valence electrons. The highest BCUT2D eigenvalue weighted by Gasteiger charge is 2.01. The van der Waals surface area contributed by atoms with Crippen molar-refractivity contribution in [2.45, 2.75) is 0 Å². The third-order valence-corrected chi connectivity index (χ3v) is 2.93. The van der Waals surface area contributed by atoms with Gasteiger partial charge in [-0.05, 0) is 29.9 Å². The fourth-order valence-electron chi connectivity index (χ4n) is 1.72. The van der Waals surface area contributed by atoms with E-state index in [1.807, 2.05) is 48.7 Å². The molecule has 0 fully saturated rings. The fraction of sp³-hybridized carbons (Fsp3) is 0. The largest absolute Gasteiger partial charge is 0.463 e. The monoisotopic (exact) mass is 269 g/mol.